The van der Waals surface area contributed by atoms with Crippen LogP contribution in [0, 0.1) is 13.8 Å². The van der Waals surface area contributed by atoms with E-state index in [1.807, 2.05) is 20.9 Å². The van der Waals surface area contributed by atoms with E-state index in [4.69, 9.17) is 0 Å². The lowest BCUT2D eigenvalue weighted by Crippen LogP contribution is -2.56. The number of hydrogen-bond donors (Lipinski definition) is 1. The van der Waals surface area contributed by atoms with E-state index in [9.17, 15) is 14.7 Å². The molecule has 1 aromatic rings. The van der Waals surface area contributed by atoms with Crippen LogP contribution in [0.15, 0.2) is 0 Å². The van der Waals surface area contributed by atoms with Crippen LogP contribution in [0.2, 0.25) is 0 Å². The van der Waals surface area contributed by atoms with Crippen molar-refractivity contribution in [3.05, 3.63) is 17.0 Å². The Kier molecular flexibility index (Phi) is 4.58. The van der Waals surface area contributed by atoms with Crippen molar-refractivity contribution in [3.8, 4) is 0 Å². The third-order valence-electron chi connectivity index (χ3n) is 5.08. The molecule has 2 rings (SSSR count). The van der Waals surface area contributed by atoms with Gasteiger partial charge in [0.15, 0.2) is 0 Å². The maximum atomic E-state index is 12.7. The summed E-state index contributed by atoms with van der Waals surface area (Å²) in [6.45, 7) is 3.80. The molecule has 0 atom stereocenters. The van der Waals surface area contributed by atoms with Gasteiger partial charge in [-0.25, -0.2) is 4.79 Å². The second-order valence-electron chi connectivity index (χ2n) is 6.30. The Morgan fingerprint density at radius 1 is 1.27 bits per heavy atom. The van der Waals surface area contributed by atoms with Crippen LogP contribution in [0.3, 0.4) is 0 Å². The van der Waals surface area contributed by atoms with Gasteiger partial charge < -0.3 is 10.0 Å². The van der Waals surface area contributed by atoms with Gasteiger partial charge in [-0.1, -0.05) is 19.3 Å². The molecule has 0 spiro atoms. The average Bonchev–Trinajstić information content (AvgIpc) is 2.73. The van der Waals surface area contributed by atoms with Crippen molar-refractivity contribution in [2.24, 2.45) is 7.05 Å². The van der Waals surface area contributed by atoms with Gasteiger partial charge in [0.05, 0.1) is 12.1 Å². The first kappa shape index (κ1) is 16.5. The topological polar surface area (TPSA) is 75.4 Å². The third kappa shape index (κ3) is 2.74. The van der Waals surface area contributed by atoms with Crippen molar-refractivity contribution in [2.45, 2.75) is 57.9 Å². The number of carboxylic acid groups (broad SMARTS) is 1. The third-order valence-corrected chi connectivity index (χ3v) is 5.08. The number of aromatic nitrogens is 2. The molecular formula is C16H25N3O3. The van der Waals surface area contributed by atoms with Gasteiger partial charge in [0.25, 0.3) is 0 Å². The molecule has 122 valence electrons. The van der Waals surface area contributed by atoms with Crippen molar-refractivity contribution in [3.63, 3.8) is 0 Å². The number of carbonyl (C=O) groups excluding carboxylic acids is 1. The highest BCUT2D eigenvalue weighted by Gasteiger charge is 2.45. The summed E-state index contributed by atoms with van der Waals surface area (Å²) < 4.78 is 1.76. The highest BCUT2D eigenvalue weighted by Crippen LogP contribution is 2.33. The Balaban J connectivity index is 2.22. The molecule has 1 saturated carbocycles. The summed E-state index contributed by atoms with van der Waals surface area (Å²) in [4.78, 5) is 25.9. The summed E-state index contributed by atoms with van der Waals surface area (Å²) in [6, 6.07) is 0. The van der Waals surface area contributed by atoms with Crippen LogP contribution in [-0.4, -0.2) is 44.3 Å². The summed E-state index contributed by atoms with van der Waals surface area (Å²) in [5.41, 5.74) is 1.64. The molecule has 1 amide bonds. The molecule has 1 aliphatic rings. The van der Waals surface area contributed by atoms with Gasteiger partial charge in [-0.15, -0.1) is 0 Å². The molecule has 1 fully saturated rings. The van der Waals surface area contributed by atoms with E-state index in [1.165, 1.54) is 4.90 Å². The van der Waals surface area contributed by atoms with E-state index >= 15 is 0 Å². The summed E-state index contributed by atoms with van der Waals surface area (Å²) in [5.74, 6) is -1.04. The smallest absolute Gasteiger partial charge is 0.329 e. The number of carbonyl (C=O) groups is 2. The zero-order valence-corrected chi connectivity index (χ0v) is 13.8. The van der Waals surface area contributed by atoms with Crippen LogP contribution in [0.4, 0.5) is 0 Å². The SMILES string of the molecule is Cc1nn(C)c(C)c1CC(=O)N(C)C1(C(=O)O)CCCCC1. The average molecular weight is 307 g/mol. The van der Waals surface area contributed by atoms with E-state index in [2.05, 4.69) is 5.10 Å². The normalized spacial score (nSPS) is 17.3. The lowest BCUT2D eigenvalue weighted by atomic mass is 9.80. The summed E-state index contributed by atoms with van der Waals surface area (Å²) in [5, 5.41) is 14.0. The highest BCUT2D eigenvalue weighted by atomic mass is 16.4. The summed E-state index contributed by atoms with van der Waals surface area (Å²) in [6.07, 6.45) is 4.03. The predicted molar refractivity (Wildman–Crippen MR) is 82.6 cm³/mol. The molecule has 1 heterocycles. The summed E-state index contributed by atoms with van der Waals surface area (Å²) in [7, 11) is 3.47. The van der Waals surface area contributed by atoms with Crippen LogP contribution >= 0.6 is 0 Å². The van der Waals surface area contributed by atoms with E-state index in [0.29, 0.717) is 12.8 Å². The monoisotopic (exact) mass is 307 g/mol. The second kappa shape index (κ2) is 6.10. The maximum absolute atomic E-state index is 12.7. The first-order valence-corrected chi connectivity index (χ1v) is 7.78. The maximum Gasteiger partial charge on any atom is 0.329 e. The van der Waals surface area contributed by atoms with Crippen LogP contribution in [-0.2, 0) is 23.1 Å². The van der Waals surface area contributed by atoms with Gasteiger partial charge in [-0.2, -0.15) is 5.10 Å². The molecule has 0 aliphatic heterocycles. The zero-order chi connectivity index (χ0) is 16.5. The van der Waals surface area contributed by atoms with Gasteiger partial charge in [0, 0.05) is 25.4 Å². The van der Waals surface area contributed by atoms with E-state index in [-0.39, 0.29) is 12.3 Å². The van der Waals surface area contributed by atoms with Gasteiger partial charge in [-0.3, -0.25) is 9.48 Å². The van der Waals surface area contributed by atoms with Crippen LogP contribution < -0.4 is 0 Å². The Bertz CT molecular complexity index is 586. The molecule has 22 heavy (non-hydrogen) atoms. The first-order chi connectivity index (χ1) is 10.3. The Morgan fingerprint density at radius 2 is 1.86 bits per heavy atom. The van der Waals surface area contributed by atoms with Gasteiger partial charge in [-0.05, 0) is 26.7 Å². The molecule has 0 aromatic carbocycles. The fourth-order valence-corrected chi connectivity index (χ4v) is 3.41. The number of hydrogen-bond acceptors (Lipinski definition) is 3. The molecule has 1 aromatic heterocycles. The number of aryl methyl sites for hydroxylation is 2. The van der Waals surface area contributed by atoms with Crippen LogP contribution in [0.1, 0.15) is 49.1 Å². The highest BCUT2D eigenvalue weighted by molar-refractivity contribution is 5.88. The van der Waals surface area contributed by atoms with Gasteiger partial charge >= 0.3 is 5.97 Å². The van der Waals surface area contributed by atoms with Crippen LogP contribution in [0.5, 0.6) is 0 Å². The molecule has 0 unspecified atom stereocenters. The Morgan fingerprint density at radius 3 is 2.32 bits per heavy atom. The Labute approximate surface area is 131 Å². The lowest BCUT2D eigenvalue weighted by Gasteiger charge is -2.41. The molecule has 1 aliphatic carbocycles. The number of rotatable bonds is 4. The number of carboxylic acids is 1. The minimum absolute atomic E-state index is 0.150. The number of amides is 1. The van der Waals surface area contributed by atoms with Crippen molar-refractivity contribution >= 4 is 11.9 Å². The number of aliphatic carboxylic acids is 1. The Hall–Kier alpha value is -1.85. The fourth-order valence-electron chi connectivity index (χ4n) is 3.41. The van der Waals surface area contributed by atoms with Crippen molar-refractivity contribution < 1.29 is 14.7 Å². The molecule has 6 heteroatoms. The molecule has 6 nitrogen and oxygen atoms in total. The first-order valence-electron chi connectivity index (χ1n) is 7.78. The van der Waals surface area contributed by atoms with E-state index in [1.54, 1.807) is 11.7 Å². The van der Waals surface area contributed by atoms with Gasteiger partial charge in [0.1, 0.15) is 5.54 Å². The molecule has 0 bridgehead atoms. The minimum Gasteiger partial charge on any atom is -0.479 e. The zero-order valence-electron chi connectivity index (χ0n) is 13.8. The number of likely N-dealkylation sites (N-methyl/N-ethyl adjacent to an activating group) is 1. The predicted octanol–water partition coefficient (Wildman–Crippen LogP) is 1.83. The van der Waals surface area contributed by atoms with Crippen molar-refractivity contribution in [1.29, 1.82) is 0 Å². The molecular weight excluding hydrogens is 282 g/mol. The number of nitrogens with zero attached hydrogens (tertiary/aromatic N) is 3. The van der Waals surface area contributed by atoms with Gasteiger partial charge in [0.2, 0.25) is 5.91 Å². The molecule has 0 saturated heterocycles. The molecule has 0 radical (unpaired) electrons. The van der Waals surface area contributed by atoms with Crippen molar-refractivity contribution in [2.75, 3.05) is 7.05 Å². The van der Waals surface area contributed by atoms with Crippen LogP contribution in [0.25, 0.3) is 0 Å². The lowest BCUT2D eigenvalue weighted by molar-refractivity contribution is -0.160. The largest absolute Gasteiger partial charge is 0.479 e. The molecule has 1 N–H and O–H groups in total. The standard InChI is InChI=1S/C16H25N3O3/c1-11-13(12(2)19(4)17-11)10-14(20)18(3)16(15(21)22)8-6-5-7-9-16/h5-10H2,1-4H3,(H,21,22). The van der Waals surface area contributed by atoms with E-state index < -0.39 is 11.5 Å². The fraction of sp³-hybridized carbons (Fsp3) is 0.688. The second-order valence-corrected chi connectivity index (χ2v) is 6.30. The van der Waals surface area contributed by atoms with Crippen molar-refractivity contribution in [1.82, 2.24) is 14.7 Å². The van der Waals surface area contributed by atoms with E-state index in [0.717, 1.165) is 36.2 Å². The quantitative estimate of drug-likeness (QED) is 0.920. The summed E-state index contributed by atoms with van der Waals surface area (Å²) >= 11 is 0. The minimum atomic E-state index is -1.04.